The van der Waals surface area contributed by atoms with Gasteiger partial charge >= 0.3 is 5.69 Å². The predicted octanol–water partition coefficient (Wildman–Crippen LogP) is 1.65. The van der Waals surface area contributed by atoms with Crippen LogP contribution in [0.4, 0.5) is 0 Å². The van der Waals surface area contributed by atoms with Crippen molar-refractivity contribution in [2.75, 3.05) is 26.8 Å². The lowest BCUT2D eigenvalue weighted by atomic mass is 9.95. The van der Waals surface area contributed by atoms with Crippen LogP contribution in [0.5, 0.6) is 0 Å². The smallest absolute Gasteiger partial charge is 0.345 e. The topological polar surface area (TPSA) is 95.4 Å². The van der Waals surface area contributed by atoms with E-state index in [0.717, 1.165) is 35.7 Å². The molecule has 2 aromatic heterocycles. The maximum atomic E-state index is 12.6. The summed E-state index contributed by atoms with van der Waals surface area (Å²) in [5.41, 5.74) is 1.80. The maximum absolute atomic E-state index is 12.6. The first kappa shape index (κ1) is 21.3. The molecular weight excluding hydrogens is 374 g/mol. The van der Waals surface area contributed by atoms with Gasteiger partial charge in [-0.3, -0.25) is 9.36 Å². The van der Waals surface area contributed by atoms with Gasteiger partial charge in [0, 0.05) is 44.6 Å². The van der Waals surface area contributed by atoms with Gasteiger partial charge in [-0.2, -0.15) is 5.10 Å². The van der Waals surface area contributed by atoms with Crippen molar-refractivity contribution >= 4 is 5.91 Å². The molecule has 9 heteroatoms. The van der Waals surface area contributed by atoms with Crippen molar-refractivity contribution in [3.8, 4) is 0 Å². The molecule has 160 valence electrons. The summed E-state index contributed by atoms with van der Waals surface area (Å²) in [6.45, 7) is 8.62. The van der Waals surface area contributed by atoms with Gasteiger partial charge in [-0.15, -0.1) is 0 Å². The fraction of sp³-hybridized carbons (Fsp3) is 0.700. The van der Waals surface area contributed by atoms with E-state index in [2.05, 4.69) is 10.3 Å². The van der Waals surface area contributed by atoms with E-state index < -0.39 is 0 Å². The third-order valence-corrected chi connectivity index (χ3v) is 5.76. The van der Waals surface area contributed by atoms with Gasteiger partial charge in [-0.25, -0.2) is 9.48 Å². The molecule has 1 amide bonds. The summed E-state index contributed by atoms with van der Waals surface area (Å²) in [4.78, 5) is 27.1. The molecule has 0 saturated carbocycles. The van der Waals surface area contributed by atoms with Crippen LogP contribution in [-0.4, -0.2) is 57.1 Å². The number of carbonyl (C=O) groups excluding carboxylic acids is 1. The van der Waals surface area contributed by atoms with Crippen LogP contribution < -0.4 is 5.69 Å². The summed E-state index contributed by atoms with van der Waals surface area (Å²) in [6, 6.07) is 0. The number of amides is 1. The second-order valence-electron chi connectivity index (χ2n) is 7.56. The first-order valence-electron chi connectivity index (χ1n) is 10.3. The molecule has 0 spiro atoms. The molecule has 0 aromatic carbocycles. The molecule has 2 aromatic rings. The van der Waals surface area contributed by atoms with Crippen molar-refractivity contribution in [3.63, 3.8) is 0 Å². The van der Waals surface area contributed by atoms with Crippen LogP contribution in [0.2, 0.25) is 0 Å². The molecule has 3 heterocycles. The van der Waals surface area contributed by atoms with E-state index in [1.54, 1.807) is 11.7 Å². The fourth-order valence-corrected chi connectivity index (χ4v) is 4.02. The normalized spacial score (nSPS) is 15.2. The van der Waals surface area contributed by atoms with Crippen LogP contribution >= 0.6 is 0 Å². The molecule has 1 fully saturated rings. The minimum absolute atomic E-state index is 0.0856. The first-order chi connectivity index (χ1) is 14.0. The number of aryl methyl sites for hydroxylation is 2. The minimum Gasteiger partial charge on any atom is -0.383 e. The highest BCUT2D eigenvalue weighted by molar-refractivity contribution is 5.76. The van der Waals surface area contributed by atoms with Gasteiger partial charge in [0.15, 0.2) is 0 Å². The number of hydrogen-bond acceptors (Lipinski definition) is 6. The Hall–Kier alpha value is -2.42. The van der Waals surface area contributed by atoms with Gasteiger partial charge in [0.05, 0.1) is 18.8 Å². The molecule has 9 nitrogen and oxygen atoms in total. The molecule has 0 bridgehead atoms. The quantitative estimate of drug-likeness (QED) is 0.663. The zero-order valence-electron chi connectivity index (χ0n) is 17.8. The Bertz CT molecular complexity index is 870. The Morgan fingerprint density at radius 1 is 1.28 bits per heavy atom. The highest BCUT2D eigenvalue weighted by Crippen LogP contribution is 2.27. The molecule has 3 rings (SSSR count). The average Bonchev–Trinajstić information content (AvgIpc) is 3.22. The van der Waals surface area contributed by atoms with Crippen molar-refractivity contribution in [3.05, 3.63) is 33.3 Å². The molecule has 1 aliphatic heterocycles. The van der Waals surface area contributed by atoms with Crippen molar-refractivity contribution in [1.29, 1.82) is 0 Å². The fourth-order valence-electron chi connectivity index (χ4n) is 4.02. The lowest BCUT2D eigenvalue weighted by molar-refractivity contribution is -0.132. The Morgan fingerprint density at radius 2 is 2.00 bits per heavy atom. The van der Waals surface area contributed by atoms with E-state index in [1.807, 2.05) is 25.7 Å². The highest BCUT2D eigenvalue weighted by atomic mass is 16.5. The number of piperidine rings is 1. The van der Waals surface area contributed by atoms with E-state index >= 15 is 0 Å². The van der Waals surface area contributed by atoms with Crippen LogP contribution in [0.1, 0.15) is 54.9 Å². The predicted molar refractivity (Wildman–Crippen MR) is 107 cm³/mol. The first-order valence-corrected chi connectivity index (χ1v) is 10.3. The molecule has 0 aliphatic carbocycles. The van der Waals surface area contributed by atoms with Gasteiger partial charge in [-0.1, -0.05) is 5.16 Å². The van der Waals surface area contributed by atoms with Gasteiger partial charge in [0.2, 0.25) is 5.91 Å². The van der Waals surface area contributed by atoms with Gasteiger partial charge in [0.1, 0.15) is 11.6 Å². The van der Waals surface area contributed by atoms with Gasteiger partial charge in [-0.05, 0) is 40.0 Å². The van der Waals surface area contributed by atoms with E-state index in [4.69, 9.17) is 9.26 Å². The maximum Gasteiger partial charge on any atom is 0.345 e. The minimum atomic E-state index is -0.0856. The van der Waals surface area contributed by atoms with Gasteiger partial charge < -0.3 is 14.2 Å². The zero-order chi connectivity index (χ0) is 21.0. The second kappa shape index (κ2) is 9.39. The lowest BCUT2D eigenvalue weighted by Gasteiger charge is -2.31. The zero-order valence-corrected chi connectivity index (χ0v) is 17.8. The van der Waals surface area contributed by atoms with Crippen LogP contribution in [0.15, 0.2) is 9.32 Å². The van der Waals surface area contributed by atoms with Crippen LogP contribution in [-0.2, 0) is 29.0 Å². The Balaban J connectivity index is 1.59. The SMILES string of the molecule is CCn1c(C2CCN(C(=O)CCc3c(C)noc3C)CC2)nn(CCOC)c1=O. The number of hydrogen-bond donors (Lipinski definition) is 0. The molecular formula is C20H31N5O4. The standard InChI is InChI=1S/C20H31N5O4/c1-5-24-19(21-25(20(24)27)12-13-28-4)16-8-10-23(11-9-16)18(26)7-6-17-14(2)22-29-15(17)3/h16H,5-13H2,1-4H3. The number of likely N-dealkylation sites (tertiary alicyclic amines) is 1. The number of nitrogens with zero attached hydrogens (tertiary/aromatic N) is 5. The van der Waals surface area contributed by atoms with E-state index in [1.165, 1.54) is 4.68 Å². The number of rotatable bonds is 8. The highest BCUT2D eigenvalue weighted by Gasteiger charge is 2.28. The van der Waals surface area contributed by atoms with Crippen LogP contribution in [0, 0.1) is 13.8 Å². The molecule has 0 radical (unpaired) electrons. The Morgan fingerprint density at radius 3 is 2.59 bits per heavy atom. The Kier molecular flexibility index (Phi) is 6.89. The third-order valence-electron chi connectivity index (χ3n) is 5.76. The lowest BCUT2D eigenvalue weighted by Crippen LogP contribution is -2.38. The van der Waals surface area contributed by atoms with E-state index in [0.29, 0.717) is 45.6 Å². The number of carbonyl (C=O) groups is 1. The molecule has 0 atom stereocenters. The summed E-state index contributed by atoms with van der Waals surface area (Å²) in [7, 11) is 1.61. The van der Waals surface area contributed by atoms with Crippen molar-refractivity contribution in [1.82, 2.24) is 24.4 Å². The van der Waals surface area contributed by atoms with Gasteiger partial charge in [0.25, 0.3) is 0 Å². The van der Waals surface area contributed by atoms with Crippen molar-refractivity contribution in [2.45, 2.75) is 65.5 Å². The summed E-state index contributed by atoms with van der Waals surface area (Å²) >= 11 is 0. The van der Waals surface area contributed by atoms with Crippen molar-refractivity contribution in [2.24, 2.45) is 0 Å². The van der Waals surface area contributed by atoms with Crippen LogP contribution in [0.25, 0.3) is 0 Å². The number of methoxy groups -OCH3 is 1. The Labute approximate surface area is 170 Å². The van der Waals surface area contributed by atoms with Crippen molar-refractivity contribution < 1.29 is 14.1 Å². The molecule has 1 saturated heterocycles. The van der Waals surface area contributed by atoms with E-state index in [-0.39, 0.29) is 17.5 Å². The molecule has 29 heavy (non-hydrogen) atoms. The van der Waals surface area contributed by atoms with Crippen LogP contribution in [0.3, 0.4) is 0 Å². The molecule has 1 aliphatic rings. The summed E-state index contributed by atoms with van der Waals surface area (Å²) in [5.74, 6) is 1.96. The average molecular weight is 405 g/mol. The molecule has 0 unspecified atom stereocenters. The summed E-state index contributed by atoms with van der Waals surface area (Å²) in [5, 5.41) is 8.52. The second-order valence-corrected chi connectivity index (χ2v) is 7.56. The largest absolute Gasteiger partial charge is 0.383 e. The monoisotopic (exact) mass is 405 g/mol. The molecule has 0 N–H and O–H groups in total. The summed E-state index contributed by atoms with van der Waals surface area (Å²) in [6.07, 6.45) is 2.74. The number of aromatic nitrogens is 4. The third kappa shape index (κ3) is 4.60. The summed E-state index contributed by atoms with van der Waals surface area (Å²) < 4.78 is 13.5. The van der Waals surface area contributed by atoms with E-state index in [9.17, 15) is 9.59 Å². The number of ether oxygens (including phenoxy) is 1.